The molecule has 3 heterocycles. The van der Waals surface area contributed by atoms with Crippen LogP contribution in [-0.4, -0.2) is 34.4 Å². The van der Waals surface area contributed by atoms with E-state index < -0.39 is 0 Å². The summed E-state index contributed by atoms with van der Waals surface area (Å²) in [5.41, 5.74) is 5.20. The molecule has 0 radical (unpaired) electrons. The first-order chi connectivity index (χ1) is 21.8. The Balaban J connectivity index is 1.15. The second-order valence-corrected chi connectivity index (χ2v) is 13.9. The molecular formula is C38H22N4SSe. The van der Waals surface area contributed by atoms with Crippen LogP contribution in [-0.2, 0) is 0 Å². The number of aromatic nitrogens is 4. The fourth-order valence-corrected chi connectivity index (χ4v) is 9.22. The molecule has 3 aromatic heterocycles. The SMILES string of the molecule is c1ccc(-c2nc(-c3ccccc3)nc(-c3ccc4c(ccc5nc(-c6ccc7c(c6)sc6ccccc67)[se]c54)c3)n2)cc1. The van der Waals surface area contributed by atoms with Gasteiger partial charge in [-0.2, -0.15) is 0 Å². The van der Waals surface area contributed by atoms with Gasteiger partial charge in [-0.1, -0.05) is 0 Å². The fraction of sp³-hybridized carbons (Fsp3) is 0. The second-order valence-electron chi connectivity index (χ2n) is 10.7. The molecule has 206 valence electrons. The Bertz CT molecular complexity index is 2440. The minimum absolute atomic E-state index is 0.106. The average molecular weight is 646 g/mol. The third-order valence-electron chi connectivity index (χ3n) is 7.95. The molecule has 0 aliphatic heterocycles. The summed E-state index contributed by atoms with van der Waals surface area (Å²) in [4.78, 5) is 19.8. The van der Waals surface area contributed by atoms with Crippen molar-refractivity contribution in [3.63, 3.8) is 0 Å². The molecule has 0 spiro atoms. The van der Waals surface area contributed by atoms with Crippen molar-refractivity contribution in [2.24, 2.45) is 0 Å². The molecule has 44 heavy (non-hydrogen) atoms. The molecule has 0 fully saturated rings. The van der Waals surface area contributed by atoms with Crippen molar-refractivity contribution < 1.29 is 0 Å². The summed E-state index contributed by atoms with van der Waals surface area (Å²) < 4.78 is 5.16. The Morgan fingerprint density at radius 3 is 1.80 bits per heavy atom. The number of rotatable bonds is 4. The van der Waals surface area contributed by atoms with E-state index in [4.69, 9.17) is 19.9 Å². The van der Waals surface area contributed by atoms with Crippen molar-refractivity contribution >= 4 is 66.6 Å². The topological polar surface area (TPSA) is 51.6 Å². The number of fused-ring (bicyclic) bond motifs is 6. The van der Waals surface area contributed by atoms with Crippen LogP contribution < -0.4 is 0 Å². The van der Waals surface area contributed by atoms with Gasteiger partial charge < -0.3 is 0 Å². The van der Waals surface area contributed by atoms with Crippen molar-refractivity contribution in [1.29, 1.82) is 0 Å². The molecule has 0 amide bonds. The van der Waals surface area contributed by atoms with E-state index in [1.165, 1.54) is 45.3 Å². The van der Waals surface area contributed by atoms with Gasteiger partial charge in [-0.3, -0.25) is 0 Å². The van der Waals surface area contributed by atoms with Gasteiger partial charge in [0.15, 0.2) is 0 Å². The minimum atomic E-state index is 0.106. The summed E-state index contributed by atoms with van der Waals surface area (Å²) in [5, 5.41) is 5.06. The van der Waals surface area contributed by atoms with Crippen LogP contribution in [0.25, 0.3) is 85.0 Å². The van der Waals surface area contributed by atoms with Gasteiger partial charge in [-0.25, -0.2) is 0 Å². The van der Waals surface area contributed by atoms with Gasteiger partial charge in [0.2, 0.25) is 0 Å². The van der Waals surface area contributed by atoms with Gasteiger partial charge in [0.05, 0.1) is 0 Å². The molecule has 6 heteroatoms. The van der Waals surface area contributed by atoms with Crippen LogP contribution >= 0.6 is 11.3 Å². The molecule has 0 aliphatic carbocycles. The third kappa shape index (κ3) is 4.35. The summed E-state index contributed by atoms with van der Waals surface area (Å²) >= 11 is 1.96. The van der Waals surface area contributed by atoms with E-state index in [0.717, 1.165) is 22.2 Å². The van der Waals surface area contributed by atoms with Crippen molar-refractivity contribution in [1.82, 2.24) is 19.9 Å². The van der Waals surface area contributed by atoms with Crippen molar-refractivity contribution in [2.75, 3.05) is 0 Å². The Labute approximate surface area is 263 Å². The molecule has 4 nitrogen and oxygen atoms in total. The Hall–Kier alpha value is -5.00. The van der Waals surface area contributed by atoms with E-state index in [-0.39, 0.29) is 14.5 Å². The molecule has 0 saturated heterocycles. The number of hydrogen-bond donors (Lipinski definition) is 0. The number of thiophene rings is 1. The first-order valence-corrected chi connectivity index (χ1v) is 16.9. The maximum atomic E-state index is 5.12. The Kier molecular flexibility index (Phi) is 5.98. The Morgan fingerprint density at radius 2 is 1.05 bits per heavy atom. The van der Waals surface area contributed by atoms with Crippen LogP contribution in [0.5, 0.6) is 0 Å². The molecule has 0 N–H and O–H groups in total. The second kappa shape index (κ2) is 10.3. The van der Waals surface area contributed by atoms with Crippen LogP contribution in [0.3, 0.4) is 0 Å². The van der Waals surface area contributed by atoms with Crippen LogP contribution in [0.2, 0.25) is 0 Å². The Morgan fingerprint density at radius 1 is 0.432 bits per heavy atom. The average Bonchev–Trinajstić information content (AvgIpc) is 3.70. The standard InChI is InChI=1S/C38H22N4SSe/c1-3-9-23(10-4-1)35-40-36(24-11-5-2-6-12-24)42-37(41-35)26-15-18-28-25(21-26)17-20-31-34(28)44-38(39-31)27-16-19-30-29-13-7-8-14-32(29)43-33(30)22-27/h1-22H. The number of hydrogen-bond acceptors (Lipinski definition) is 5. The van der Waals surface area contributed by atoms with Crippen LogP contribution in [0.1, 0.15) is 0 Å². The van der Waals surface area contributed by atoms with E-state index in [9.17, 15) is 0 Å². The summed E-state index contributed by atoms with van der Waals surface area (Å²) in [7, 11) is 0. The van der Waals surface area contributed by atoms with E-state index in [2.05, 4.69) is 72.8 Å². The van der Waals surface area contributed by atoms with Gasteiger partial charge in [-0.05, 0) is 0 Å². The number of nitrogens with zero attached hydrogens (tertiary/aromatic N) is 4. The van der Waals surface area contributed by atoms with Gasteiger partial charge in [-0.15, -0.1) is 0 Å². The molecule has 0 unspecified atom stereocenters. The monoisotopic (exact) mass is 646 g/mol. The van der Waals surface area contributed by atoms with E-state index in [1.807, 2.05) is 72.0 Å². The first kappa shape index (κ1) is 25.5. The molecule has 0 saturated carbocycles. The predicted molar refractivity (Wildman–Crippen MR) is 184 cm³/mol. The van der Waals surface area contributed by atoms with Gasteiger partial charge >= 0.3 is 264 Å². The quantitative estimate of drug-likeness (QED) is 0.179. The van der Waals surface area contributed by atoms with Crippen LogP contribution in [0.15, 0.2) is 133 Å². The molecule has 0 aliphatic rings. The zero-order valence-corrected chi connectivity index (χ0v) is 25.8. The fourth-order valence-electron chi connectivity index (χ4n) is 5.77. The van der Waals surface area contributed by atoms with Crippen LogP contribution in [0, 0.1) is 0 Å². The van der Waals surface area contributed by atoms with Gasteiger partial charge in [0.1, 0.15) is 0 Å². The first-order valence-electron chi connectivity index (χ1n) is 14.4. The maximum absolute atomic E-state index is 5.12. The summed E-state index contributed by atoms with van der Waals surface area (Å²) in [5.74, 6) is 2.00. The third-order valence-corrected chi connectivity index (χ3v) is 11.5. The van der Waals surface area contributed by atoms with E-state index >= 15 is 0 Å². The molecule has 0 atom stereocenters. The van der Waals surface area contributed by atoms with Gasteiger partial charge in [0.25, 0.3) is 0 Å². The zero-order valence-electron chi connectivity index (χ0n) is 23.3. The normalized spacial score (nSPS) is 11.6. The number of benzene rings is 6. The van der Waals surface area contributed by atoms with Gasteiger partial charge in [0, 0.05) is 0 Å². The molecule has 9 aromatic rings. The molecule has 0 bridgehead atoms. The predicted octanol–water partition coefficient (Wildman–Crippen LogP) is 9.67. The van der Waals surface area contributed by atoms with E-state index in [1.54, 1.807) is 0 Å². The molecule has 9 rings (SSSR count). The van der Waals surface area contributed by atoms with Crippen LogP contribution in [0.4, 0.5) is 0 Å². The summed E-state index contributed by atoms with van der Waals surface area (Å²) in [6, 6.07) is 46.6. The van der Waals surface area contributed by atoms with Crippen molar-refractivity contribution in [3.8, 4) is 44.3 Å². The molecular weight excluding hydrogens is 623 g/mol. The molecule has 6 aromatic carbocycles. The van der Waals surface area contributed by atoms with E-state index in [0.29, 0.717) is 17.5 Å². The summed E-state index contributed by atoms with van der Waals surface area (Å²) in [6.45, 7) is 0. The zero-order chi connectivity index (χ0) is 29.0. The summed E-state index contributed by atoms with van der Waals surface area (Å²) in [6.07, 6.45) is 0. The van der Waals surface area contributed by atoms with Crippen molar-refractivity contribution in [2.45, 2.75) is 0 Å². The van der Waals surface area contributed by atoms with Crippen molar-refractivity contribution in [3.05, 3.63) is 133 Å².